The van der Waals surface area contributed by atoms with Gasteiger partial charge in [0.15, 0.2) is 5.96 Å². The van der Waals surface area contributed by atoms with E-state index in [0.717, 1.165) is 44.9 Å². The molecule has 6 nitrogen and oxygen atoms in total. The van der Waals surface area contributed by atoms with Gasteiger partial charge in [-0.1, -0.05) is 20.3 Å². The number of thiazole rings is 1. The molecule has 8 heteroatoms. The van der Waals surface area contributed by atoms with Crippen LogP contribution in [0.4, 0.5) is 0 Å². The van der Waals surface area contributed by atoms with Gasteiger partial charge in [0.2, 0.25) is 0 Å². The van der Waals surface area contributed by atoms with E-state index < -0.39 is 0 Å². The molecule has 0 radical (unpaired) electrons. The summed E-state index contributed by atoms with van der Waals surface area (Å²) in [5.74, 6) is 0.798. The Balaban J connectivity index is 0.00000625. The number of rotatable bonds is 13. The number of hydrogen-bond acceptors (Lipinski definition) is 5. The minimum absolute atomic E-state index is 0. The number of nitrogens with zero attached hydrogens (tertiary/aromatic N) is 2. The van der Waals surface area contributed by atoms with Gasteiger partial charge in [0.25, 0.3) is 0 Å². The van der Waals surface area contributed by atoms with Gasteiger partial charge >= 0.3 is 0 Å². The lowest BCUT2D eigenvalue weighted by Crippen LogP contribution is -2.39. The Hall–Kier alpha value is -0.450. The SMILES string of the molecule is CCCCOCCOCCNC(=NC)NCCc1nc(CC)c(C)s1.I. The monoisotopic (exact) mass is 498 g/mol. The molecule has 0 aliphatic carbocycles. The second-order valence-corrected chi connectivity index (χ2v) is 7.01. The zero-order valence-corrected chi connectivity index (χ0v) is 19.7. The van der Waals surface area contributed by atoms with Gasteiger partial charge in [-0.15, -0.1) is 35.3 Å². The lowest BCUT2D eigenvalue weighted by molar-refractivity contribution is 0.0487. The van der Waals surface area contributed by atoms with Crippen LogP contribution in [0.25, 0.3) is 0 Å². The quantitative estimate of drug-likeness (QED) is 0.189. The van der Waals surface area contributed by atoms with Gasteiger partial charge in [0.1, 0.15) is 0 Å². The highest BCUT2D eigenvalue weighted by Gasteiger charge is 2.06. The summed E-state index contributed by atoms with van der Waals surface area (Å²) in [5, 5.41) is 7.75. The third kappa shape index (κ3) is 11.3. The van der Waals surface area contributed by atoms with Gasteiger partial charge in [0, 0.05) is 38.0 Å². The smallest absolute Gasteiger partial charge is 0.191 e. The Bertz CT molecular complexity index is 498. The maximum absolute atomic E-state index is 5.53. The van der Waals surface area contributed by atoms with Crippen molar-refractivity contribution in [2.24, 2.45) is 4.99 Å². The fourth-order valence-electron chi connectivity index (χ4n) is 2.24. The Morgan fingerprint density at radius 3 is 2.38 bits per heavy atom. The summed E-state index contributed by atoms with van der Waals surface area (Å²) in [4.78, 5) is 10.2. The van der Waals surface area contributed by atoms with E-state index >= 15 is 0 Å². The van der Waals surface area contributed by atoms with Crippen molar-refractivity contribution in [1.82, 2.24) is 15.6 Å². The summed E-state index contributed by atoms with van der Waals surface area (Å²) in [6.45, 7) is 10.8. The molecule has 26 heavy (non-hydrogen) atoms. The van der Waals surface area contributed by atoms with Gasteiger partial charge in [-0.3, -0.25) is 4.99 Å². The number of aliphatic imine (C=N–C) groups is 1. The Morgan fingerprint density at radius 2 is 1.77 bits per heavy atom. The highest BCUT2D eigenvalue weighted by Crippen LogP contribution is 2.17. The third-order valence-electron chi connectivity index (χ3n) is 3.68. The first kappa shape index (κ1) is 25.6. The lowest BCUT2D eigenvalue weighted by atomic mass is 10.3. The molecule has 0 saturated heterocycles. The maximum atomic E-state index is 5.53. The number of aryl methyl sites for hydroxylation is 2. The van der Waals surface area contributed by atoms with E-state index in [9.17, 15) is 0 Å². The van der Waals surface area contributed by atoms with Gasteiger partial charge < -0.3 is 20.1 Å². The highest BCUT2D eigenvalue weighted by atomic mass is 127. The topological polar surface area (TPSA) is 67.8 Å². The van der Waals surface area contributed by atoms with Crippen molar-refractivity contribution in [1.29, 1.82) is 0 Å². The largest absolute Gasteiger partial charge is 0.379 e. The molecule has 1 rings (SSSR count). The summed E-state index contributed by atoms with van der Waals surface area (Å²) in [7, 11) is 1.78. The number of aromatic nitrogens is 1. The molecule has 1 aromatic heterocycles. The molecule has 0 aromatic carbocycles. The van der Waals surface area contributed by atoms with E-state index in [1.54, 1.807) is 18.4 Å². The van der Waals surface area contributed by atoms with Gasteiger partial charge in [-0.25, -0.2) is 4.98 Å². The number of hydrogen-bond donors (Lipinski definition) is 2. The first-order valence-electron chi connectivity index (χ1n) is 9.26. The minimum Gasteiger partial charge on any atom is -0.379 e. The second-order valence-electron chi connectivity index (χ2n) is 5.72. The predicted molar refractivity (Wildman–Crippen MR) is 121 cm³/mol. The normalized spacial score (nSPS) is 11.3. The molecule has 2 N–H and O–H groups in total. The highest BCUT2D eigenvalue weighted by molar-refractivity contribution is 14.0. The van der Waals surface area contributed by atoms with Crippen molar-refractivity contribution in [2.75, 3.05) is 46.6 Å². The van der Waals surface area contributed by atoms with Crippen LogP contribution < -0.4 is 10.6 Å². The average molecular weight is 498 g/mol. The molecule has 1 heterocycles. The molecule has 0 unspecified atom stereocenters. The molecule has 0 spiro atoms. The molecule has 0 fully saturated rings. The molecule has 152 valence electrons. The molecule has 0 amide bonds. The molecular formula is C18H35IN4O2S. The number of halogens is 1. The summed E-state index contributed by atoms with van der Waals surface area (Å²) in [6, 6.07) is 0. The number of unbranched alkanes of at least 4 members (excludes halogenated alkanes) is 1. The molecule has 0 atom stereocenters. The van der Waals surface area contributed by atoms with E-state index in [1.807, 2.05) is 0 Å². The van der Waals surface area contributed by atoms with Gasteiger partial charge in [-0.2, -0.15) is 0 Å². The van der Waals surface area contributed by atoms with Crippen LogP contribution in [0.2, 0.25) is 0 Å². The van der Waals surface area contributed by atoms with Crippen LogP contribution >= 0.6 is 35.3 Å². The van der Waals surface area contributed by atoms with Crippen LogP contribution in [0, 0.1) is 6.92 Å². The average Bonchev–Trinajstić information content (AvgIpc) is 2.98. The van der Waals surface area contributed by atoms with E-state index in [1.165, 1.54) is 22.0 Å². The van der Waals surface area contributed by atoms with Crippen molar-refractivity contribution in [3.63, 3.8) is 0 Å². The minimum atomic E-state index is 0. The fraction of sp³-hybridized carbons (Fsp3) is 0.778. The fourth-order valence-corrected chi connectivity index (χ4v) is 3.26. The first-order valence-corrected chi connectivity index (χ1v) is 10.1. The zero-order chi connectivity index (χ0) is 18.3. The van der Waals surface area contributed by atoms with Crippen LogP contribution in [-0.4, -0.2) is 57.5 Å². The maximum Gasteiger partial charge on any atom is 0.191 e. The van der Waals surface area contributed by atoms with Crippen LogP contribution in [0.15, 0.2) is 4.99 Å². The Kier molecular flexibility index (Phi) is 16.4. The summed E-state index contributed by atoms with van der Waals surface area (Å²) in [6.07, 6.45) is 4.20. The zero-order valence-electron chi connectivity index (χ0n) is 16.6. The molecular weight excluding hydrogens is 463 g/mol. The lowest BCUT2D eigenvalue weighted by Gasteiger charge is -2.11. The van der Waals surface area contributed by atoms with Crippen LogP contribution in [0.1, 0.15) is 42.3 Å². The van der Waals surface area contributed by atoms with Gasteiger partial charge in [0.05, 0.1) is 30.5 Å². The van der Waals surface area contributed by atoms with Gasteiger partial charge in [-0.05, 0) is 19.8 Å². The molecule has 1 aromatic rings. The van der Waals surface area contributed by atoms with E-state index in [-0.39, 0.29) is 24.0 Å². The Labute approximate surface area is 179 Å². The second kappa shape index (κ2) is 16.7. The third-order valence-corrected chi connectivity index (χ3v) is 4.75. The van der Waals surface area contributed by atoms with Crippen molar-refractivity contribution in [3.8, 4) is 0 Å². The number of nitrogens with one attached hydrogen (secondary N) is 2. The van der Waals surface area contributed by atoms with Crippen LogP contribution in [0.5, 0.6) is 0 Å². The standard InChI is InChI=1S/C18H34N4O2S.HI/c1-5-7-11-23-13-14-24-12-10-21-18(19-4)20-9-8-17-22-16(6-2)15(3)25-17;/h5-14H2,1-4H3,(H2,19,20,21);1H. The summed E-state index contributed by atoms with van der Waals surface area (Å²) in [5.41, 5.74) is 1.22. The van der Waals surface area contributed by atoms with Crippen molar-refractivity contribution in [3.05, 3.63) is 15.6 Å². The first-order chi connectivity index (χ1) is 12.2. The van der Waals surface area contributed by atoms with E-state index in [4.69, 9.17) is 9.47 Å². The van der Waals surface area contributed by atoms with Crippen molar-refractivity contribution >= 4 is 41.3 Å². The number of ether oxygens (including phenoxy) is 2. The molecule has 0 bridgehead atoms. The molecule has 0 saturated carbocycles. The summed E-state index contributed by atoms with van der Waals surface area (Å²) < 4.78 is 11.0. The van der Waals surface area contributed by atoms with E-state index in [0.29, 0.717) is 19.8 Å². The molecule has 0 aliphatic heterocycles. The summed E-state index contributed by atoms with van der Waals surface area (Å²) >= 11 is 1.79. The molecule has 0 aliphatic rings. The van der Waals surface area contributed by atoms with Crippen molar-refractivity contribution in [2.45, 2.75) is 46.5 Å². The van der Waals surface area contributed by atoms with Crippen LogP contribution in [0.3, 0.4) is 0 Å². The predicted octanol–water partition coefficient (Wildman–Crippen LogP) is 3.17. The van der Waals surface area contributed by atoms with Crippen LogP contribution in [-0.2, 0) is 22.3 Å². The van der Waals surface area contributed by atoms with E-state index in [2.05, 4.69) is 41.4 Å². The number of guanidine groups is 1. The Morgan fingerprint density at radius 1 is 1.08 bits per heavy atom. The van der Waals surface area contributed by atoms with Crippen molar-refractivity contribution < 1.29 is 9.47 Å².